The molecule has 22 heavy (non-hydrogen) atoms. The van der Waals surface area contributed by atoms with E-state index in [1.54, 1.807) is 24.3 Å². The largest absolute Gasteiger partial charge is 0.479 e. The monoisotopic (exact) mass is 301 g/mol. The van der Waals surface area contributed by atoms with Crippen LogP contribution >= 0.6 is 0 Å². The molecule has 0 aliphatic carbocycles. The third kappa shape index (κ3) is 3.55. The van der Waals surface area contributed by atoms with E-state index in [2.05, 4.69) is 11.4 Å². The van der Waals surface area contributed by atoms with Crippen molar-refractivity contribution in [2.24, 2.45) is 5.92 Å². The van der Waals surface area contributed by atoms with Crippen LogP contribution in [0.3, 0.4) is 0 Å². The normalized spacial score (nSPS) is 15.9. The number of piperazine rings is 1. The molecule has 6 nitrogen and oxygen atoms in total. The molecule has 0 radical (unpaired) electrons. The van der Waals surface area contributed by atoms with Crippen LogP contribution in [0.4, 0.5) is 0 Å². The first-order valence-corrected chi connectivity index (χ1v) is 7.24. The summed E-state index contributed by atoms with van der Waals surface area (Å²) in [5.74, 6) is -0.0835. The van der Waals surface area contributed by atoms with Crippen molar-refractivity contribution >= 4 is 11.8 Å². The lowest BCUT2D eigenvalue weighted by Crippen LogP contribution is -2.54. The fourth-order valence-electron chi connectivity index (χ4n) is 2.28. The summed E-state index contributed by atoms with van der Waals surface area (Å²) in [5.41, 5.74) is 0.386. The number of carbonyl (C=O) groups is 2. The third-order valence-corrected chi connectivity index (χ3v) is 3.46. The van der Waals surface area contributed by atoms with Crippen molar-refractivity contribution < 1.29 is 14.3 Å². The molecule has 0 spiro atoms. The molecule has 1 saturated heterocycles. The summed E-state index contributed by atoms with van der Waals surface area (Å²) in [5, 5.41) is 11.8. The Kier molecular flexibility index (Phi) is 4.99. The molecule has 1 N–H and O–H groups in total. The van der Waals surface area contributed by atoms with E-state index in [9.17, 15) is 9.59 Å². The summed E-state index contributed by atoms with van der Waals surface area (Å²) in [6.07, 6.45) is -0.722. The van der Waals surface area contributed by atoms with Crippen LogP contribution in [0.25, 0.3) is 0 Å². The molecule has 1 aromatic rings. The number of nitriles is 1. The summed E-state index contributed by atoms with van der Waals surface area (Å²) < 4.78 is 5.80. The number of hydrogen-bond acceptors (Lipinski definition) is 4. The molecule has 1 aromatic carbocycles. The predicted molar refractivity (Wildman–Crippen MR) is 80.0 cm³/mol. The number of rotatable bonds is 4. The van der Waals surface area contributed by atoms with Gasteiger partial charge < -0.3 is 15.0 Å². The summed E-state index contributed by atoms with van der Waals surface area (Å²) in [4.78, 5) is 25.6. The van der Waals surface area contributed by atoms with Crippen molar-refractivity contribution in [2.75, 3.05) is 19.6 Å². The van der Waals surface area contributed by atoms with E-state index in [-0.39, 0.29) is 24.3 Å². The number of amides is 2. The number of ether oxygens (including phenoxy) is 1. The Morgan fingerprint density at radius 1 is 1.41 bits per heavy atom. The summed E-state index contributed by atoms with van der Waals surface area (Å²) in [6, 6.07) is 8.87. The van der Waals surface area contributed by atoms with Crippen molar-refractivity contribution in [1.29, 1.82) is 5.26 Å². The molecule has 0 bridgehead atoms. The Labute approximate surface area is 129 Å². The van der Waals surface area contributed by atoms with E-state index >= 15 is 0 Å². The van der Waals surface area contributed by atoms with Crippen LogP contribution in [-0.2, 0) is 9.59 Å². The zero-order chi connectivity index (χ0) is 16.1. The minimum Gasteiger partial charge on any atom is -0.479 e. The van der Waals surface area contributed by atoms with Crippen LogP contribution in [0.5, 0.6) is 5.75 Å². The average molecular weight is 301 g/mol. The van der Waals surface area contributed by atoms with Crippen molar-refractivity contribution in [1.82, 2.24) is 10.2 Å². The second kappa shape index (κ2) is 6.94. The quantitative estimate of drug-likeness (QED) is 0.896. The van der Waals surface area contributed by atoms with Crippen molar-refractivity contribution in [3.8, 4) is 11.8 Å². The Morgan fingerprint density at radius 2 is 2.14 bits per heavy atom. The van der Waals surface area contributed by atoms with Crippen molar-refractivity contribution in [3.05, 3.63) is 29.8 Å². The van der Waals surface area contributed by atoms with Crippen LogP contribution < -0.4 is 10.1 Å². The molecule has 6 heteroatoms. The second-order valence-corrected chi connectivity index (χ2v) is 5.50. The number of para-hydroxylation sites is 1. The highest BCUT2D eigenvalue weighted by Gasteiger charge is 2.32. The smallest absolute Gasteiger partial charge is 0.264 e. The van der Waals surface area contributed by atoms with Gasteiger partial charge in [-0.1, -0.05) is 26.0 Å². The summed E-state index contributed by atoms with van der Waals surface area (Å²) in [7, 11) is 0. The van der Waals surface area contributed by atoms with Crippen molar-refractivity contribution in [3.63, 3.8) is 0 Å². The fourth-order valence-corrected chi connectivity index (χ4v) is 2.28. The molecule has 0 saturated carbocycles. The van der Waals surface area contributed by atoms with Gasteiger partial charge in [-0.05, 0) is 18.1 Å². The first-order valence-electron chi connectivity index (χ1n) is 7.24. The molecule has 1 heterocycles. The first-order chi connectivity index (χ1) is 10.5. The van der Waals surface area contributed by atoms with Crippen LogP contribution in [0, 0.1) is 17.2 Å². The van der Waals surface area contributed by atoms with Crippen molar-refractivity contribution in [2.45, 2.75) is 20.0 Å². The maximum Gasteiger partial charge on any atom is 0.264 e. The van der Waals surface area contributed by atoms with Gasteiger partial charge in [0.25, 0.3) is 5.91 Å². The van der Waals surface area contributed by atoms with Gasteiger partial charge in [-0.15, -0.1) is 0 Å². The van der Waals surface area contributed by atoms with E-state index in [0.29, 0.717) is 24.4 Å². The van der Waals surface area contributed by atoms with Gasteiger partial charge in [0.1, 0.15) is 11.8 Å². The predicted octanol–water partition coefficient (Wildman–Crippen LogP) is 0.920. The zero-order valence-corrected chi connectivity index (χ0v) is 12.7. The second-order valence-electron chi connectivity index (χ2n) is 5.50. The molecule has 0 unspecified atom stereocenters. The van der Waals surface area contributed by atoms with Gasteiger partial charge in [-0.25, -0.2) is 0 Å². The van der Waals surface area contributed by atoms with Gasteiger partial charge in [-0.3, -0.25) is 9.59 Å². The van der Waals surface area contributed by atoms with Gasteiger partial charge in [0, 0.05) is 13.1 Å². The van der Waals surface area contributed by atoms with Gasteiger partial charge in [-0.2, -0.15) is 5.26 Å². The summed E-state index contributed by atoms with van der Waals surface area (Å²) in [6.45, 7) is 4.72. The Hall–Kier alpha value is -2.55. The zero-order valence-electron chi connectivity index (χ0n) is 12.7. The molecule has 0 aromatic heterocycles. The molecule has 1 aliphatic rings. The van der Waals surface area contributed by atoms with E-state index in [1.807, 2.05) is 13.8 Å². The van der Waals surface area contributed by atoms with Crippen LogP contribution in [0.2, 0.25) is 0 Å². The average Bonchev–Trinajstić information content (AvgIpc) is 2.52. The molecule has 2 rings (SSSR count). The number of carbonyl (C=O) groups excluding carboxylic acids is 2. The van der Waals surface area contributed by atoms with Crippen LogP contribution in [0.15, 0.2) is 24.3 Å². The first kappa shape index (κ1) is 15.8. The van der Waals surface area contributed by atoms with Gasteiger partial charge in [0.15, 0.2) is 6.10 Å². The highest BCUT2D eigenvalue weighted by atomic mass is 16.5. The van der Waals surface area contributed by atoms with Crippen LogP contribution in [0.1, 0.15) is 19.4 Å². The molecule has 1 atom stereocenters. The Morgan fingerprint density at radius 3 is 2.77 bits per heavy atom. The van der Waals surface area contributed by atoms with Gasteiger partial charge in [0.05, 0.1) is 12.1 Å². The van der Waals surface area contributed by atoms with Gasteiger partial charge in [0.2, 0.25) is 5.91 Å². The molecule has 2 amide bonds. The summed E-state index contributed by atoms with van der Waals surface area (Å²) >= 11 is 0. The lowest BCUT2D eigenvalue weighted by molar-refractivity contribution is -0.145. The standard InChI is InChI=1S/C16H19N3O3/c1-11(2)15(16(21)19-8-7-18-14(20)10-19)22-13-6-4-3-5-12(13)9-17/h3-6,11,15H,7-8,10H2,1-2H3,(H,18,20)/t15-/m0/s1. The Bertz CT molecular complexity index is 607. The highest BCUT2D eigenvalue weighted by Crippen LogP contribution is 2.22. The molecule has 1 aliphatic heterocycles. The molecular weight excluding hydrogens is 282 g/mol. The van der Waals surface area contributed by atoms with E-state index < -0.39 is 6.10 Å². The van der Waals surface area contributed by atoms with Gasteiger partial charge >= 0.3 is 0 Å². The number of nitrogens with one attached hydrogen (secondary N) is 1. The van der Waals surface area contributed by atoms with E-state index in [1.165, 1.54) is 4.90 Å². The maximum absolute atomic E-state index is 12.6. The molecule has 116 valence electrons. The molecule has 1 fully saturated rings. The number of benzene rings is 1. The minimum atomic E-state index is -0.722. The SMILES string of the molecule is CC(C)[C@H](Oc1ccccc1C#N)C(=O)N1CCNC(=O)C1. The minimum absolute atomic E-state index is 0.0469. The highest BCUT2D eigenvalue weighted by molar-refractivity contribution is 5.88. The number of hydrogen-bond donors (Lipinski definition) is 1. The third-order valence-electron chi connectivity index (χ3n) is 3.46. The lowest BCUT2D eigenvalue weighted by atomic mass is 10.0. The molecular formula is C16H19N3O3. The lowest BCUT2D eigenvalue weighted by Gasteiger charge is -2.31. The number of nitrogens with zero attached hydrogens (tertiary/aromatic N) is 2. The van der Waals surface area contributed by atoms with E-state index in [0.717, 1.165) is 0 Å². The van der Waals surface area contributed by atoms with Crippen LogP contribution in [-0.4, -0.2) is 42.5 Å². The fraction of sp³-hybridized carbons (Fsp3) is 0.438. The maximum atomic E-state index is 12.6. The van der Waals surface area contributed by atoms with E-state index in [4.69, 9.17) is 10.00 Å². The topological polar surface area (TPSA) is 82.4 Å². The Balaban J connectivity index is 2.18.